The first-order valence-corrected chi connectivity index (χ1v) is 25.1. The zero-order valence-corrected chi connectivity index (χ0v) is 39.7. The lowest BCUT2D eigenvalue weighted by Crippen LogP contribution is -2.57. The molecule has 5 aromatic carbocycles. The number of benzene rings is 5. The van der Waals surface area contributed by atoms with Crippen LogP contribution in [0.25, 0.3) is 0 Å². The van der Waals surface area contributed by atoms with Crippen LogP contribution in [0.3, 0.4) is 0 Å². The zero-order chi connectivity index (χ0) is 48.2. The third kappa shape index (κ3) is 8.69. The fourth-order valence-corrected chi connectivity index (χ4v) is 11.7. The van der Waals surface area contributed by atoms with E-state index in [4.69, 9.17) is 9.47 Å². The van der Waals surface area contributed by atoms with Crippen LogP contribution in [-0.4, -0.2) is 71.1 Å². The number of ether oxygens (including phenoxy) is 2. The average Bonchev–Trinajstić information content (AvgIpc) is 3.84. The van der Waals surface area contributed by atoms with E-state index in [0.29, 0.717) is 41.2 Å². The van der Waals surface area contributed by atoms with Crippen LogP contribution in [0.1, 0.15) is 122 Å². The molecule has 70 heavy (non-hydrogen) atoms. The van der Waals surface area contributed by atoms with Crippen molar-refractivity contribution in [2.24, 2.45) is 5.92 Å². The van der Waals surface area contributed by atoms with E-state index in [0.717, 1.165) is 80.1 Å². The molecule has 5 aliphatic rings. The van der Waals surface area contributed by atoms with Crippen molar-refractivity contribution in [1.29, 1.82) is 0 Å². The molecule has 3 fully saturated rings. The molecule has 3 saturated heterocycles. The summed E-state index contributed by atoms with van der Waals surface area (Å²) >= 11 is 0. The van der Waals surface area contributed by atoms with Gasteiger partial charge in [0.15, 0.2) is 0 Å². The third-order valence-corrected chi connectivity index (χ3v) is 14.9. The molecule has 11 nitrogen and oxygen atoms in total. The van der Waals surface area contributed by atoms with Crippen molar-refractivity contribution in [3.8, 4) is 17.6 Å². The Labute approximate surface area is 410 Å². The Hall–Kier alpha value is -7.00. The molecular weight excluding hydrogens is 877 g/mol. The molecule has 4 aliphatic heterocycles. The Bertz CT molecular complexity index is 2820. The molecule has 2 N–H and O–H groups in total. The standard InChI is InChI=1S/C59H60N4O7/c1-40(43-22-11-6-12-23-43)60-58(68)62-49-33-32-42(31-30-41-20-9-5-10-21-41)38-48(49)59(57(62)67)50(55(65)61-34-17-3-2-4-18-35-61)52-56(66)70-53(45-26-15-8-16-27-45)51(44-24-13-7-14-25-44)63(52)54(59)46-28-19-29-47(39-46)69-37-36-64/h6-8,11-16,19-20,22-29,32-33,38-40,50-54,64H,2-5,9-10,17-18,21,34-37H2,1H3,(H,60,68)/t40-,50-,51-,52-,53+,54+,59-/m1/s1. The Morgan fingerprint density at radius 1 is 0.771 bits per heavy atom. The molecule has 11 heteroatoms. The fourth-order valence-electron chi connectivity index (χ4n) is 11.7. The number of hydrogen-bond acceptors (Lipinski definition) is 8. The molecular formula is C59H60N4O7. The number of aliphatic hydroxyl groups is 1. The maximum Gasteiger partial charge on any atom is 0.329 e. The molecule has 10 rings (SSSR count). The Morgan fingerprint density at radius 2 is 1.46 bits per heavy atom. The van der Waals surface area contributed by atoms with E-state index in [9.17, 15) is 5.11 Å². The number of nitrogens with zero attached hydrogens (tertiary/aromatic N) is 3. The van der Waals surface area contributed by atoms with Crippen molar-refractivity contribution in [2.45, 2.75) is 100 Å². The van der Waals surface area contributed by atoms with Crippen molar-refractivity contribution in [3.05, 3.63) is 178 Å². The van der Waals surface area contributed by atoms with Crippen molar-refractivity contribution < 1.29 is 33.8 Å². The number of carbonyl (C=O) groups is 4. The summed E-state index contributed by atoms with van der Waals surface area (Å²) in [5, 5.41) is 13.0. The van der Waals surface area contributed by atoms with Gasteiger partial charge in [0, 0.05) is 18.7 Å². The second kappa shape index (κ2) is 20.5. The summed E-state index contributed by atoms with van der Waals surface area (Å²) in [5.41, 5.74) is 3.51. The van der Waals surface area contributed by atoms with Gasteiger partial charge in [-0.15, -0.1) is 0 Å². The first-order valence-electron chi connectivity index (χ1n) is 25.1. The number of amides is 4. The highest BCUT2D eigenvalue weighted by atomic mass is 16.6. The quantitative estimate of drug-likeness (QED) is 0.111. The molecule has 0 radical (unpaired) electrons. The van der Waals surface area contributed by atoms with Gasteiger partial charge in [-0.25, -0.2) is 9.69 Å². The zero-order valence-electron chi connectivity index (χ0n) is 39.7. The van der Waals surface area contributed by atoms with Crippen LogP contribution in [0.2, 0.25) is 0 Å². The van der Waals surface area contributed by atoms with E-state index in [1.54, 1.807) is 12.1 Å². The number of nitrogens with one attached hydrogen (secondary N) is 1. The van der Waals surface area contributed by atoms with E-state index in [1.807, 2.05) is 133 Å². The van der Waals surface area contributed by atoms with Crippen molar-refractivity contribution >= 4 is 29.5 Å². The van der Waals surface area contributed by atoms with Crippen LogP contribution in [0.15, 0.2) is 145 Å². The van der Waals surface area contributed by atoms with E-state index in [1.165, 1.54) is 4.90 Å². The van der Waals surface area contributed by atoms with Gasteiger partial charge in [-0.2, -0.15) is 0 Å². The highest BCUT2D eigenvalue weighted by molar-refractivity contribution is 6.24. The van der Waals surface area contributed by atoms with Gasteiger partial charge < -0.3 is 24.8 Å². The summed E-state index contributed by atoms with van der Waals surface area (Å²) in [6.07, 6.45) is 9.82. The second-order valence-corrected chi connectivity index (χ2v) is 19.2. The number of fused-ring (bicyclic) bond motifs is 3. The third-order valence-electron chi connectivity index (χ3n) is 14.9. The van der Waals surface area contributed by atoms with E-state index < -0.39 is 59.5 Å². The van der Waals surface area contributed by atoms with Crippen LogP contribution < -0.4 is 15.0 Å². The predicted octanol–water partition coefficient (Wildman–Crippen LogP) is 9.84. The number of anilines is 1. The maximum absolute atomic E-state index is 16.9. The molecule has 0 bridgehead atoms. The van der Waals surface area contributed by atoms with Crippen molar-refractivity contribution in [3.63, 3.8) is 0 Å². The minimum absolute atomic E-state index is 0.0183. The van der Waals surface area contributed by atoms with Crippen LogP contribution in [-0.2, 0) is 24.5 Å². The topological polar surface area (TPSA) is 129 Å². The maximum atomic E-state index is 16.9. The van der Waals surface area contributed by atoms with E-state index in [2.05, 4.69) is 28.1 Å². The lowest BCUT2D eigenvalue weighted by atomic mass is 9.64. The number of aliphatic hydroxyl groups excluding tert-OH is 1. The molecule has 7 atom stereocenters. The summed E-state index contributed by atoms with van der Waals surface area (Å²) in [5.74, 6) is 4.31. The number of hydrogen-bond donors (Lipinski definition) is 2. The number of cyclic esters (lactones) is 1. The molecule has 0 aromatic heterocycles. The molecule has 4 amide bonds. The monoisotopic (exact) mass is 936 g/mol. The number of morpholine rings is 1. The number of imide groups is 1. The molecule has 4 heterocycles. The SMILES string of the molecule is C[C@@H](NC(=O)N1C(=O)[C@@]2(c3cc(C#CC4=CCCCC4)ccc31)[C@H](c1cccc(OCCO)c1)N1[C@H](c3ccccc3)[C@H](c3ccccc3)OC(=O)[C@H]1[C@@H]2C(=O)N1CCCCCCC1)c1ccccc1. The summed E-state index contributed by atoms with van der Waals surface area (Å²) in [6, 6.07) is 37.6. The lowest BCUT2D eigenvalue weighted by Gasteiger charge is -2.46. The number of esters is 1. The van der Waals surface area contributed by atoms with Gasteiger partial charge in [0.1, 0.15) is 29.9 Å². The van der Waals surface area contributed by atoms with E-state index in [-0.39, 0.29) is 19.1 Å². The van der Waals surface area contributed by atoms with Gasteiger partial charge in [0.25, 0.3) is 0 Å². The molecule has 1 aliphatic carbocycles. The summed E-state index contributed by atoms with van der Waals surface area (Å²) in [4.78, 5) is 69.2. The van der Waals surface area contributed by atoms with E-state index >= 15 is 19.2 Å². The summed E-state index contributed by atoms with van der Waals surface area (Å²) in [6.45, 7) is 2.58. The largest absolute Gasteiger partial charge is 0.491 e. The highest BCUT2D eigenvalue weighted by Gasteiger charge is 2.76. The molecule has 1 spiro atoms. The number of allylic oxidation sites excluding steroid dienone is 2. The Balaban J connectivity index is 1.27. The number of carbonyl (C=O) groups excluding carboxylic acids is 4. The number of likely N-dealkylation sites (tertiary alicyclic amines) is 1. The lowest BCUT2D eigenvalue weighted by molar-refractivity contribution is -0.179. The number of urea groups is 1. The van der Waals surface area contributed by atoms with Crippen LogP contribution in [0.5, 0.6) is 5.75 Å². The minimum atomic E-state index is -1.91. The first-order chi connectivity index (χ1) is 34.3. The normalized spacial score (nSPS) is 24.8. The van der Waals surface area contributed by atoms with Crippen LogP contribution >= 0.6 is 0 Å². The predicted molar refractivity (Wildman–Crippen MR) is 267 cm³/mol. The molecule has 0 saturated carbocycles. The molecule has 0 unspecified atom stereocenters. The summed E-state index contributed by atoms with van der Waals surface area (Å²) < 4.78 is 12.8. The first kappa shape index (κ1) is 46.7. The second-order valence-electron chi connectivity index (χ2n) is 19.2. The van der Waals surface area contributed by atoms with Crippen molar-refractivity contribution in [2.75, 3.05) is 31.2 Å². The van der Waals surface area contributed by atoms with Gasteiger partial charge >= 0.3 is 12.0 Å². The van der Waals surface area contributed by atoms with Gasteiger partial charge in [-0.1, -0.05) is 140 Å². The smallest absolute Gasteiger partial charge is 0.329 e. The van der Waals surface area contributed by atoms with Gasteiger partial charge in [0.2, 0.25) is 11.8 Å². The number of rotatable bonds is 9. The fraction of sp³-hybridized carbons (Fsp3) is 0.356. The van der Waals surface area contributed by atoms with Gasteiger partial charge in [0.05, 0.1) is 36.3 Å². The van der Waals surface area contributed by atoms with Gasteiger partial charge in [-0.3, -0.25) is 19.3 Å². The average molecular weight is 937 g/mol. The summed E-state index contributed by atoms with van der Waals surface area (Å²) in [7, 11) is 0. The molecule has 358 valence electrons. The van der Waals surface area contributed by atoms with Crippen molar-refractivity contribution in [1.82, 2.24) is 15.1 Å². The highest BCUT2D eigenvalue weighted by Crippen LogP contribution is 2.66. The Morgan fingerprint density at radius 3 is 2.16 bits per heavy atom. The van der Waals surface area contributed by atoms with Crippen LogP contribution in [0.4, 0.5) is 10.5 Å². The Kier molecular flexibility index (Phi) is 13.7. The minimum Gasteiger partial charge on any atom is -0.491 e. The molecule has 5 aromatic rings. The van der Waals surface area contributed by atoms with Gasteiger partial charge in [-0.05, 0) is 109 Å². The van der Waals surface area contributed by atoms with Crippen LogP contribution in [0, 0.1) is 17.8 Å².